The average Bonchev–Trinajstić information content (AvgIpc) is 3.07. The zero-order chi connectivity index (χ0) is 15.2. The maximum absolute atomic E-state index is 12.1. The number of hydrogen-bond acceptors (Lipinski definition) is 4. The summed E-state index contributed by atoms with van der Waals surface area (Å²) in [4.78, 5) is 17.6. The summed E-state index contributed by atoms with van der Waals surface area (Å²) in [5.41, 5.74) is 1.02. The molecule has 1 fully saturated rings. The predicted octanol–water partition coefficient (Wildman–Crippen LogP) is 3.20. The second-order valence-electron chi connectivity index (χ2n) is 5.38. The molecule has 0 bridgehead atoms. The molecule has 116 valence electrons. The lowest BCUT2D eigenvalue weighted by molar-refractivity contribution is 0.0703. The van der Waals surface area contributed by atoms with Gasteiger partial charge in [-0.05, 0) is 17.0 Å². The van der Waals surface area contributed by atoms with Crippen molar-refractivity contribution >= 4 is 17.4 Å². The van der Waals surface area contributed by atoms with Crippen molar-refractivity contribution in [3.05, 3.63) is 58.3 Å². The molecule has 1 aliphatic rings. The summed E-state index contributed by atoms with van der Waals surface area (Å²) in [6, 6.07) is 14.0. The van der Waals surface area contributed by atoms with Gasteiger partial charge in [-0.15, -0.1) is 11.3 Å². The van der Waals surface area contributed by atoms with E-state index in [1.165, 1.54) is 4.88 Å². The first-order valence-electron chi connectivity index (χ1n) is 7.51. The zero-order valence-corrected chi connectivity index (χ0v) is 13.3. The lowest BCUT2D eigenvalue weighted by Gasteiger charge is -2.33. The quantitative estimate of drug-likeness (QED) is 0.868. The van der Waals surface area contributed by atoms with Crippen molar-refractivity contribution in [3.63, 3.8) is 0 Å². The molecule has 0 unspecified atom stereocenters. The lowest BCUT2D eigenvalue weighted by atomic mass is 10.2. The first-order valence-corrected chi connectivity index (χ1v) is 8.39. The van der Waals surface area contributed by atoms with Crippen LogP contribution in [0.25, 0.3) is 0 Å². The Morgan fingerprint density at radius 1 is 1.05 bits per heavy atom. The van der Waals surface area contributed by atoms with E-state index in [0.717, 1.165) is 38.3 Å². The molecule has 0 aliphatic carbocycles. The Bertz CT molecular complexity index is 578. The van der Waals surface area contributed by atoms with Gasteiger partial charge in [0.1, 0.15) is 6.61 Å². The van der Waals surface area contributed by atoms with E-state index in [1.54, 1.807) is 16.2 Å². The van der Waals surface area contributed by atoms with Crippen LogP contribution in [0.2, 0.25) is 0 Å². The van der Waals surface area contributed by atoms with Crippen LogP contribution in [0.1, 0.15) is 10.4 Å². The second-order valence-corrected chi connectivity index (χ2v) is 6.41. The van der Waals surface area contributed by atoms with Crippen LogP contribution >= 0.6 is 11.3 Å². The molecular weight excluding hydrogens is 296 g/mol. The number of nitrogens with zero attached hydrogens (tertiary/aromatic N) is 2. The number of thiophene rings is 1. The van der Waals surface area contributed by atoms with Crippen LogP contribution in [0, 0.1) is 0 Å². The molecule has 2 heterocycles. The van der Waals surface area contributed by atoms with E-state index in [1.807, 2.05) is 30.3 Å². The molecule has 22 heavy (non-hydrogen) atoms. The van der Waals surface area contributed by atoms with Crippen LogP contribution in [0.15, 0.2) is 47.8 Å². The molecule has 1 aliphatic heterocycles. The molecule has 3 rings (SSSR count). The van der Waals surface area contributed by atoms with E-state index in [2.05, 4.69) is 22.4 Å². The number of ether oxygens (including phenoxy) is 1. The molecule has 5 heteroatoms. The topological polar surface area (TPSA) is 32.8 Å². The Labute approximate surface area is 134 Å². The number of piperazine rings is 1. The fourth-order valence-corrected chi connectivity index (χ4v) is 3.27. The smallest absolute Gasteiger partial charge is 0.410 e. The molecule has 1 aromatic carbocycles. The van der Waals surface area contributed by atoms with Gasteiger partial charge in [0.25, 0.3) is 0 Å². The molecule has 4 nitrogen and oxygen atoms in total. The highest BCUT2D eigenvalue weighted by molar-refractivity contribution is 7.09. The van der Waals surface area contributed by atoms with Crippen molar-refractivity contribution in [2.45, 2.75) is 13.2 Å². The minimum Gasteiger partial charge on any atom is -0.445 e. The van der Waals surface area contributed by atoms with Crippen molar-refractivity contribution in [2.75, 3.05) is 26.2 Å². The summed E-state index contributed by atoms with van der Waals surface area (Å²) in [5.74, 6) is 0. The van der Waals surface area contributed by atoms with Gasteiger partial charge >= 0.3 is 6.09 Å². The Hall–Kier alpha value is -1.85. The van der Waals surface area contributed by atoms with Crippen molar-refractivity contribution in [3.8, 4) is 0 Å². The van der Waals surface area contributed by atoms with E-state index in [0.29, 0.717) is 6.61 Å². The fourth-order valence-electron chi connectivity index (χ4n) is 2.52. The summed E-state index contributed by atoms with van der Waals surface area (Å²) >= 11 is 1.78. The maximum atomic E-state index is 12.1. The summed E-state index contributed by atoms with van der Waals surface area (Å²) in [7, 11) is 0. The summed E-state index contributed by atoms with van der Waals surface area (Å²) < 4.78 is 5.38. The van der Waals surface area contributed by atoms with Crippen molar-refractivity contribution in [1.82, 2.24) is 9.80 Å². The highest BCUT2D eigenvalue weighted by atomic mass is 32.1. The highest BCUT2D eigenvalue weighted by Gasteiger charge is 2.22. The van der Waals surface area contributed by atoms with Gasteiger partial charge in [-0.2, -0.15) is 0 Å². The molecule has 1 amide bonds. The van der Waals surface area contributed by atoms with Gasteiger partial charge < -0.3 is 9.64 Å². The van der Waals surface area contributed by atoms with E-state index >= 15 is 0 Å². The average molecular weight is 316 g/mol. The summed E-state index contributed by atoms with van der Waals surface area (Å²) in [5, 5.41) is 2.10. The molecule has 1 saturated heterocycles. The molecule has 1 aromatic heterocycles. The zero-order valence-electron chi connectivity index (χ0n) is 12.5. The normalized spacial score (nSPS) is 15.7. The first-order chi connectivity index (χ1) is 10.8. The molecule has 0 radical (unpaired) electrons. The first kappa shape index (κ1) is 15.1. The lowest BCUT2D eigenvalue weighted by Crippen LogP contribution is -2.48. The van der Waals surface area contributed by atoms with Crippen LogP contribution < -0.4 is 0 Å². The van der Waals surface area contributed by atoms with E-state index in [4.69, 9.17) is 4.74 Å². The molecule has 0 saturated carbocycles. The Kier molecular flexibility index (Phi) is 5.08. The number of benzene rings is 1. The van der Waals surface area contributed by atoms with Gasteiger partial charge in [0.15, 0.2) is 0 Å². The maximum Gasteiger partial charge on any atom is 0.410 e. The van der Waals surface area contributed by atoms with Gasteiger partial charge in [-0.25, -0.2) is 4.79 Å². The fraction of sp³-hybridized carbons (Fsp3) is 0.353. The van der Waals surface area contributed by atoms with Gasteiger partial charge in [0, 0.05) is 37.6 Å². The monoisotopic (exact) mass is 316 g/mol. The van der Waals surface area contributed by atoms with Gasteiger partial charge in [-0.3, -0.25) is 4.90 Å². The minimum atomic E-state index is -0.209. The van der Waals surface area contributed by atoms with Gasteiger partial charge in [0.05, 0.1) is 0 Å². The predicted molar refractivity (Wildman–Crippen MR) is 87.8 cm³/mol. The van der Waals surface area contributed by atoms with Crippen molar-refractivity contribution in [1.29, 1.82) is 0 Å². The van der Waals surface area contributed by atoms with Crippen LogP contribution in [0.3, 0.4) is 0 Å². The molecule has 0 N–H and O–H groups in total. The van der Waals surface area contributed by atoms with Crippen LogP contribution in [0.5, 0.6) is 0 Å². The number of amides is 1. The largest absolute Gasteiger partial charge is 0.445 e. The Balaban J connectivity index is 1.42. The Morgan fingerprint density at radius 3 is 2.50 bits per heavy atom. The van der Waals surface area contributed by atoms with E-state index < -0.39 is 0 Å². The van der Waals surface area contributed by atoms with Crippen molar-refractivity contribution in [2.24, 2.45) is 0 Å². The molecular formula is C17H20N2O2S. The third kappa shape index (κ3) is 4.08. The van der Waals surface area contributed by atoms with Gasteiger partial charge in [0.2, 0.25) is 0 Å². The highest BCUT2D eigenvalue weighted by Crippen LogP contribution is 2.14. The van der Waals surface area contributed by atoms with Crippen molar-refractivity contribution < 1.29 is 9.53 Å². The summed E-state index contributed by atoms with van der Waals surface area (Å²) in [6.07, 6.45) is -0.209. The minimum absolute atomic E-state index is 0.209. The van der Waals surface area contributed by atoms with E-state index in [9.17, 15) is 4.79 Å². The SMILES string of the molecule is O=C(OCc1ccccc1)N1CCN(Cc2cccs2)CC1. The molecule has 2 aromatic rings. The number of hydrogen-bond donors (Lipinski definition) is 0. The summed E-state index contributed by atoms with van der Waals surface area (Å²) in [6.45, 7) is 4.59. The number of carbonyl (C=O) groups excluding carboxylic acids is 1. The third-order valence-corrected chi connectivity index (χ3v) is 4.66. The molecule has 0 atom stereocenters. The van der Waals surface area contributed by atoms with Crippen LogP contribution in [-0.2, 0) is 17.9 Å². The van der Waals surface area contributed by atoms with E-state index in [-0.39, 0.29) is 6.09 Å². The Morgan fingerprint density at radius 2 is 1.82 bits per heavy atom. The third-order valence-electron chi connectivity index (χ3n) is 3.80. The van der Waals surface area contributed by atoms with Crippen LogP contribution in [-0.4, -0.2) is 42.1 Å². The number of rotatable bonds is 4. The van der Waals surface area contributed by atoms with Crippen LogP contribution in [0.4, 0.5) is 4.79 Å². The molecule has 0 spiro atoms. The second kappa shape index (κ2) is 7.42. The number of carbonyl (C=O) groups is 1. The standard InChI is InChI=1S/C17H20N2O2S/c20-17(21-14-15-5-2-1-3-6-15)19-10-8-18(9-11-19)13-16-7-4-12-22-16/h1-7,12H,8-11,13-14H2. The van der Waals surface area contributed by atoms with Gasteiger partial charge in [-0.1, -0.05) is 36.4 Å².